The van der Waals surface area contributed by atoms with Gasteiger partial charge in [0, 0.05) is 18.8 Å². The molecule has 1 heterocycles. The van der Waals surface area contributed by atoms with E-state index in [1.807, 2.05) is 42.5 Å². The van der Waals surface area contributed by atoms with Crippen molar-refractivity contribution in [3.05, 3.63) is 72.3 Å². The van der Waals surface area contributed by atoms with Crippen molar-refractivity contribution in [2.75, 3.05) is 18.0 Å². The van der Waals surface area contributed by atoms with Gasteiger partial charge in [-0.05, 0) is 86.8 Å². The number of fused-ring (bicyclic) bond motifs is 1. The number of anilines is 1. The largest absolute Gasteiger partial charge is 0.372 e. The Hall–Kier alpha value is -3.45. The Balaban J connectivity index is 1.43. The van der Waals surface area contributed by atoms with Crippen LogP contribution in [0.1, 0.15) is 39.2 Å². The third kappa shape index (κ3) is 6.11. The minimum atomic E-state index is 0.625. The zero-order chi connectivity index (χ0) is 23.8. The number of aryl methyl sites for hydroxylation is 1. The monoisotopic (exact) mass is 470 g/mol. The van der Waals surface area contributed by atoms with Crippen molar-refractivity contribution in [3.8, 4) is 0 Å². The van der Waals surface area contributed by atoms with Gasteiger partial charge >= 0.3 is 0 Å². The summed E-state index contributed by atoms with van der Waals surface area (Å²) in [7, 11) is 0. The van der Waals surface area contributed by atoms with Gasteiger partial charge in [0.1, 0.15) is 0 Å². The molecule has 0 bridgehead atoms. The SMILES string of the molecule is CCCCc1ccc(N=Nc2ccc3nc(N=Nc4ccc(N(CC)CC)cc4)sc3c2)cc1. The quantitative estimate of drug-likeness (QED) is 0.217. The van der Waals surface area contributed by atoms with Gasteiger partial charge in [-0.25, -0.2) is 4.98 Å². The Morgan fingerprint density at radius 2 is 1.35 bits per heavy atom. The highest BCUT2D eigenvalue weighted by atomic mass is 32.1. The first kappa shape index (κ1) is 23.7. The van der Waals surface area contributed by atoms with E-state index in [9.17, 15) is 0 Å². The molecule has 3 aromatic carbocycles. The predicted molar refractivity (Wildman–Crippen MR) is 143 cm³/mol. The summed E-state index contributed by atoms with van der Waals surface area (Å²) in [5, 5.41) is 18.1. The van der Waals surface area contributed by atoms with E-state index in [0.29, 0.717) is 5.13 Å². The fourth-order valence-corrected chi connectivity index (χ4v) is 4.47. The van der Waals surface area contributed by atoms with Crippen LogP contribution in [0.4, 0.5) is 27.9 Å². The van der Waals surface area contributed by atoms with Crippen LogP contribution in [-0.2, 0) is 6.42 Å². The van der Waals surface area contributed by atoms with Crippen LogP contribution in [-0.4, -0.2) is 18.1 Å². The molecule has 6 nitrogen and oxygen atoms in total. The van der Waals surface area contributed by atoms with Crippen molar-refractivity contribution in [2.45, 2.75) is 40.0 Å². The van der Waals surface area contributed by atoms with Crippen molar-refractivity contribution >= 4 is 49.4 Å². The van der Waals surface area contributed by atoms with Crippen LogP contribution in [0, 0.1) is 0 Å². The Morgan fingerprint density at radius 1 is 0.735 bits per heavy atom. The fraction of sp³-hybridized carbons (Fsp3) is 0.296. The molecule has 0 N–H and O–H groups in total. The molecule has 4 rings (SSSR count). The van der Waals surface area contributed by atoms with Gasteiger partial charge in [0.05, 0.1) is 27.3 Å². The smallest absolute Gasteiger partial charge is 0.231 e. The molecule has 0 spiro atoms. The van der Waals surface area contributed by atoms with Gasteiger partial charge < -0.3 is 4.90 Å². The molecule has 0 radical (unpaired) electrons. The first-order chi connectivity index (χ1) is 16.7. The molecule has 0 unspecified atom stereocenters. The maximum atomic E-state index is 4.57. The van der Waals surface area contributed by atoms with E-state index in [4.69, 9.17) is 0 Å². The normalized spacial score (nSPS) is 11.7. The lowest BCUT2D eigenvalue weighted by Crippen LogP contribution is -2.21. The maximum absolute atomic E-state index is 4.57. The molecule has 0 amide bonds. The number of hydrogen-bond acceptors (Lipinski definition) is 7. The van der Waals surface area contributed by atoms with Gasteiger partial charge in [-0.1, -0.05) is 36.8 Å². The Bertz CT molecular complexity index is 1250. The molecular weight excluding hydrogens is 440 g/mol. The number of benzene rings is 3. The molecule has 0 aliphatic carbocycles. The highest BCUT2D eigenvalue weighted by Gasteiger charge is 2.05. The number of rotatable bonds is 10. The van der Waals surface area contributed by atoms with Gasteiger partial charge in [0.2, 0.25) is 5.13 Å². The summed E-state index contributed by atoms with van der Waals surface area (Å²) in [4.78, 5) is 6.87. The fourth-order valence-electron chi connectivity index (χ4n) is 3.65. The third-order valence-corrected chi connectivity index (χ3v) is 6.53. The van der Waals surface area contributed by atoms with E-state index >= 15 is 0 Å². The predicted octanol–water partition coefficient (Wildman–Crippen LogP) is 9.32. The second-order valence-electron chi connectivity index (χ2n) is 8.01. The van der Waals surface area contributed by atoms with Crippen LogP contribution in [0.15, 0.2) is 87.2 Å². The molecule has 1 aromatic heterocycles. The summed E-state index contributed by atoms with van der Waals surface area (Å²) >= 11 is 1.50. The summed E-state index contributed by atoms with van der Waals surface area (Å²) in [5.41, 5.74) is 5.87. The van der Waals surface area contributed by atoms with E-state index in [1.54, 1.807) is 0 Å². The second-order valence-corrected chi connectivity index (χ2v) is 9.02. The number of nitrogens with zero attached hydrogens (tertiary/aromatic N) is 6. The zero-order valence-electron chi connectivity index (χ0n) is 20.0. The van der Waals surface area contributed by atoms with E-state index < -0.39 is 0 Å². The highest BCUT2D eigenvalue weighted by molar-refractivity contribution is 7.21. The molecule has 0 aliphatic rings. The van der Waals surface area contributed by atoms with Crippen LogP contribution < -0.4 is 4.90 Å². The maximum Gasteiger partial charge on any atom is 0.231 e. The van der Waals surface area contributed by atoms with Gasteiger partial charge in [-0.15, -0.1) is 10.2 Å². The Morgan fingerprint density at radius 3 is 2.03 bits per heavy atom. The van der Waals surface area contributed by atoms with Gasteiger partial charge in [0.15, 0.2) is 0 Å². The van der Waals surface area contributed by atoms with Crippen molar-refractivity contribution < 1.29 is 0 Å². The Kier molecular flexibility index (Phi) is 8.09. The van der Waals surface area contributed by atoms with Crippen molar-refractivity contribution in [3.63, 3.8) is 0 Å². The van der Waals surface area contributed by atoms with Gasteiger partial charge in [-0.3, -0.25) is 0 Å². The Labute approximate surface area is 205 Å². The first-order valence-corrected chi connectivity index (χ1v) is 12.7. The summed E-state index contributed by atoms with van der Waals surface area (Å²) in [6.45, 7) is 8.48. The molecule has 0 aliphatic heterocycles. The molecule has 174 valence electrons. The van der Waals surface area contributed by atoms with Crippen LogP contribution in [0.2, 0.25) is 0 Å². The third-order valence-electron chi connectivity index (χ3n) is 5.63. The molecule has 7 heteroatoms. The van der Waals surface area contributed by atoms with Gasteiger partial charge in [0.25, 0.3) is 0 Å². The van der Waals surface area contributed by atoms with Crippen molar-refractivity contribution in [1.29, 1.82) is 0 Å². The van der Waals surface area contributed by atoms with Crippen LogP contribution >= 0.6 is 11.3 Å². The number of azo groups is 2. The van der Waals surface area contributed by atoms with Crippen molar-refractivity contribution in [1.82, 2.24) is 4.98 Å². The standard InChI is InChI=1S/C27H30N6S/c1-4-7-8-20-9-11-21(12-10-20)29-31-23-15-18-25-26(19-23)34-27(28-25)32-30-22-13-16-24(17-14-22)33(5-2)6-3/h9-19H,4-8H2,1-3H3. The summed E-state index contributed by atoms with van der Waals surface area (Å²) in [5.74, 6) is 0. The lowest BCUT2D eigenvalue weighted by molar-refractivity contribution is 0.795. The van der Waals surface area contributed by atoms with Crippen LogP contribution in [0.3, 0.4) is 0 Å². The summed E-state index contributed by atoms with van der Waals surface area (Å²) in [6.07, 6.45) is 3.52. The minimum Gasteiger partial charge on any atom is -0.372 e. The van der Waals surface area contributed by atoms with E-state index in [-0.39, 0.29) is 0 Å². The number of hydrogen-bond donors (Lipinski definition) is 0. The number of thiazole rings is 1. The molecular formula is C27H30N6S. The molecule has 34 heavy (non-hydrogen) atoms. The first-order valence-electron chi connectivity index (χ1n) is 11.9. The minimum absolute atomic E-state index is 0.625. The van der Waals surface area contributed by atoms with Crippen molar-refractivity contribution in [2.24, 2.45) is 20.5 Å². The average molecular weight is 471 g/mol. The van der Waals surface area contributed by atoms with E-state index in [1.165, 1.54) is 35.4 Å². The lowest BCUT2D eigenvalue weighted by atomic mass is 10.1. The second kappa shape index (κ2) is 11.6. The molecule has 0 saturated carbocycles. The summed E-state index contributed by atoms with van der Waals surface area (Å²) < 4.78 is 1.01. The molecule has 4 aromatic rings. The average Bonchev–Trinajstić information content (AvgIpc) is 3.29. The summed E-state index contributed by atoms with van der Waals surface area (Å²) in [6, 6.07) is 22.3. The van der Waals surface area contributed by atoms with E-state index in [2.05, 4.69) is 75.4 Å². The van der Waals surface area contributed by atoms with E-state index in [0.717, 1.165) is 46.8 Å². The molecule has 0 fully saturated rings. The number of unbranched alkanes of at least 4 members (excludes halogenated alkanes) is 1. The topological polar surface area (TPSA) is 65.6 Å². The highest BCUT2D eigenvalue weighted by Crippen LogP contribution is 2.32. The lowest BCUT2D eigenvalue weighted by Gasteiger charge is -2.20. The molecule has 0 atom stereocenters. The van der Waals surface area contributed by atoms with Crippen LogP contribution in [0.25, 0.3) is 10.2 Å². The van der Waals surface area contributed by atoms with Crippen LogP contribution in [0.5, 0.6) is 0 Å². The number of aromatic nitrogens is 1. The zero-order valence-corrected chi connectivity index (χ0v) is 20.8. The van der Waals surface area contributed by atoms with Gasteiger partial charge in [-0.2, -0.15) is 10.2 Å². The molecule has 0 saturated heterocycles.